The molecule has 0 amide bonds. The fourth-order valence-electron chi connectivity index (χ4n) is 1.23. The van der Waals surface area contributed by atoms with Gasteiger partial charge >= 0.3 is 5.97 Å². The van der Waals surface area contributed by atoms with Crippen molar-refractivity contribution in [3.8, 4) is 0 Å². The van der Waals surface area contributed by atoms with E-state index in [0.717, 1.165) is 6.07 Å². The molecule has 0 saturated carbocycles. The summed E-state index contributed by atoms with van der Waals surface area (Å²) in [5, 5.41) is 8.09. The van der Waals surface area contributed by atoms with Gasteiger partial charge in [0.1, 0.15) is 0 Å². The fraction of sp³-hybridized carbons (Fsp3) is 0.300. The predicted molar refractivity (Wildman–Crippen MR) is 55.2 cm³/mol. The summed E-state index contributed by atoms with van der Waals surface area (Å²) in [5.41, 5.74) is 5.90. The number of carbonyl (C=O) groups is 1. The van der Waals surface area contributed by atoms with Crippen LogP contribution in [0.2, 0.25) is 5.02 Å². The van der Waals surface area contributed by atoms with Gasteiger partial charge in [0.2, 0.25) is 0 Å². The molecule has 1 rings (SSSR count). The number of benzene rings is 1. The normalized spacial score (nSPS) is 12.5. The van der Waals surface area contributed by atoms with Crippen LogP contribution in [-0.2, 0) is 4.79 Å². The lowest BCUT2D eigenvalue weighted by Crippen LogP contribution is -2.13. The Morgan fingerprint density at radius 1 is 1.50 bits per heavy atom. The smallest absolute Gasteiger partial charge is 0.303 e. The molecule has 1 aromatic carbocycles. The van der Waals surface area contributed by atoms with E-state index in [4.69, 9.17) is 22.4 Å². The first-order valence-corrected chi connectivity index (χ1v) is 4.91. The maximum absolute atomic E-state index is 13.0. The van der Waals surface area contributed by atoms with Crippen molar-refractivity contribution >= 4 is 17.6 Å². The van der Waals surface area contributed by atoms with Gasteiger partial charge in [0, 0.05) is 12.5 Å². The molecule has 16 heavy (non-hydrogen) atoms. The van der Waals surface area contributed by atoms with Crippen LogP contribution in [0.1, 0.15) is 24.4 Å². The van der Waals surface area contributed by atoms with Gasteiger partial charge in [-0.05, 0) is 24.1 Å². The van der Waals surface area contributed by atoms with Gasteiger partial charge in [-0.2, -0.15) is 0 Å². The number of carboxylic acid groups (broad SMARTS) is 1. The number of aliphatic carboxylic acids is 1. The molecule has 0 fully saturated rings. The van der Waals surface area contributed by atoms with Crippen molar-refractivity contribution in [2.45, 2.75) is 18.9 Å². The Morgan fingerprint density at radius 3 is 2.62 bits per heavy atom. The molecular weight excluding hydrogens is 240 g/mol. The molecule has 6 heteroatoms. The summed E-state index contributed by atoms with van der Waals surface area (Å²) in [5.74, 6) is -3.21. The summed E-state index contributed by atoms with van der Waals surface area (Å²) in [6.45, 7) is 0. The van der Waals surface area contributed by atoms with Crippen LogP contribution in [0.4, 0.5) is 8.78 Å². The summed E-state index contributed by atoms with van der Waals surface area (Å²) in [4.78, 5) is 10.3. The molecule has 1 aromatic rings. The Kier molecular flexibility index (Phi) is 4.20. The highest BCUT2D eigenvalue weighted by Crippen LogP contribution is 2.24. The van der Waals surface area contributed by atoms with Gasteiger partial charge in [-0.3, -0.25) is 4.79 Å². The molecule has 3 N–H and O–H groups in total. The monoisotopic (exact) mass is 249 g/mol. The zero-order chi connectivity index (χ0) is 12.3. The molecule has 0 saturated heterocycles. The minimum Gasteiger partial charge on any atom is -0.481 e. The summed E-state index contributed by atoms with van der Waals surface area (Å²) in [7, 11) is 0. The number of rotatable bonds is 4. The molecule has 1 unspecified atom stereocenters. The van der Waals surface area contributed by atoms with Crippen LogP contribution in [0, 0.1) is 11.6 Å². The highest BCUT2D eigenvalue weighted by molar-refractivity contribution is 6.30. The van der Waals surface area contributed by atoms with E-state index in [1.807, 2.05) is 0 Å². The second-order valence-electron chi connectivity index (χ2n) is 3.34. The van der Waals surface area contributed by atoms with Crippen LogP contribution in [0.3, 0.4) is 0 Å². The van der Waals surface area contributed by atoms with Crippen LogP contribution in [0.25, 0.3) is 0 Å². The number of nitrogens with two attached hydrogens (primary N) is 1. The number of hydrogen-bond donors (Lipinski definition) is 2. The van der Waals surface area contributed by atoms with E-state index in [9.17, 15) is 13.6 Å². The molecule has 0 aliphatic rings. The summed E-state index contributed by atoms with van der Waals surface area (Å²) in [6, 6.07) is 1.45. The maximum Gasteiger partial charge on any atom is 0.303 e. The molecular formula is C10H10ClF2NO2. The molecule has 0 aliphatic heterocycles. The van der Waals surface area contributed by atoms with E-state index in [1.165, 1.54) is 6.07 Å². The summed E-state index contributed by atoms with van der Waals surface area (Å²) < 4.78 is 25.8. The minimum absolute atomic E-state index is 0.136. The Morgan fingerprint density at radius 2 is 2.12 bits per heavy atom. The zero-order valence-corrected chi connectivity index (χ0v) is 8.97. The van der Waals surface area contributed by atoms with E-state index in [0.29, 0.717) is 0 Å². The van der Waals surface area contributed by atoms with Gasteiger partial charge < -0.3 is 10.8 Å². The number of hydrogen-bond acceptors (Lipinski definition) is 2. The summed E-state index contributed by atoms with van der Waals surface area (Å²) >= 11 is 5.44. The zero-order valence-electron chi connectivity index (χ0n) is 8.21. The average molecular weight is 250 g/mol. The summed E-state index contributed by atoms with van der Waals surface area (Å²) in [6.07, 6.45) is -0.00544. The van der Waals surface area contributed by atoms with E-state index in [2.05, 4.69) is 0 Å². The molecule has 1 atom stereocenters. The molecule has 0 aromatic heterocycles. The van der Waals surface area contributed by atoms with Gasteiger partial charge in [0.25, 0.3) is 0 Å². The van der Waals surface area contributed by atoms with E-state index < -0.39 is 23.6 Å². The van der Waals surface area contributed by atoms with Crippen molar-refractivity contribution in [2.24, 2.45) is 5.73 Å². The first-order valence-electron chi connectivity index (χ1n) is 4.53. The second-order valence-corrected chi connectivity index (χ2v) is 3.74. The van der Waals surface area contributed by atoms with E-state index in [-0.39, 0.29) is 23.4 Å². The van der Waals surface area contributed by atoms with Crippen molar-refractivity contribution in [1.29, 1.82) is 0 Å². The maximum atomic E-state index is 13.0. The van der Waals surface area contributed by atoms with Crippen LogP contribution in [0.5, 0.6) is 0 Å². The third kappa shape index (κ3) is 3.15. The third-order valence-electron chi connectivity index (χ3n) is 2.10. The Balaban J connectivity index is 2.84. The third-order valence-corrected chi connectivity index (χ3v) is 2.38. The van der Waals surface area contributed by atoms with Crippen LogP contribution >= 0.6 is 11.6 Å². The molecule has 3 nitrogen and oxygen atoms in total. The highest BCUT2D eigenvalue weighted by Gasteiger charge is 2.14. The van der Waals surface area contributed by atoms with Gasteiger partial charge in [-0.15, -0.1) is 0 Å². The molecule has 88 valence electrons. The lowest BCUT2D eigenvalue weighted by Gasteiger charge is -2.11. The standard InChI is InChI=1S/C10H10ClF2NO2/c11-6-3-5(4-7(12)10(6)13)8(14)1-2-9(15)16/h3-4,8H,1-2,14H2,(H,15,16). The second kappa shape index (κ2) is 5.23. The average Bonchev–Trinajstić information content (AvgIpc) is 2.21. The minimum atomic E-state index is -1.13. The Bertz CT molecular complexity index is 389. The van der Waals surface area contributed by atoms with Gasteiger partial charge in [0.15, 0.2) is 11.6 Å². The van der Waals surface area contributed by atoms with Gasteiger partial charge in [0.05, 0.1) is 5.02 Å². The molecule has 0 heterocycles. The van der Waals surface area contributed by atoms with Crippen LogP contribution in [0.15, 0.2) is 12.1 Å². The van der Waals surface area contributed by atoms with Crippen LogP contribution < -0.4 is 5.73 Å². The molecule has 0 aliphatic carbocycles. The Labute approximate surface area is 95.8 Å². The number of halogens is 3. The van der Waals surface area contributed by atoms with Crippen LogP contribution in [-0.4, -0.2) is 11.1 Å². The van der Waals surface area contributed by atoms with Crippen molar-refractivity contribution < 1.29 is 18.7 Å². The van der Waals surface area contributed by atoms with E-state index >= 15 is 0 Å². The predicted octanol–water partition coefficient (Wildman–Crippen LogP) is 2.48. The van der Waals surface area contributed by atoms with Crippen molar-refractivity contribution in [1.82, 2.24) is 0 Å². The van der Waals surface area contributed by atoms with E-state index in [1.54, 1.807) is 0 Å². The van der Waals surface area contributed by atoms with Crippen molar-refractivity contribution in [3.63, 3.8) is 0 Å². The fourth-order valence-corrected chi connectivity index (χ4v) is 1.45. The largest absolute Gasteiger partial charge is 0.481 e. The lowest BCUT2D eigenvalue weighted by molar-refractivity contribution is -0.137. The first kappa shape index (κ1) is 12.9. The topological polar surface area (TPSA) is 63.3 Å². The highest BCUT2D eigenvalue weighted by atomic mass is 35.5. The lowest BCUT2D eigenvalue weighted by atomic mass is 10.0. The van der Waals surface area contributed by atoms with Gasteiger partial charge in [-0.1, -0.05) is 11.6 Å². The van der Waals surface area contributed by atoms with Crippen molar-refractivity contribution in [3.05, 3.63) is 34.4 Å². The molecule has 0 radical (unpaired) electrons. The van der Waals surface area contributed by atoms with Gasteiger partial charge in [-0.25, -0.2) is 8.78 Å². The number of carboxylic acids is 1. The van der Waals surface area contributed by atoms with Crippen molar-refractivity contribution in [2.75, 3.05) is 0 Å². The SMILES string of the molecule is NC(CCC(=O)O)c1cc(F)c(F)c(Cl)c1. The molecule has 0 spiro atoms. The molecule has 0 bridgehead atoms. The first-order chi connectivity index (χ1) is 7.41. The quantitative estimate of drug-likeness (QED) is 0.806. The Hall–Kier alpha value is -1.20.